The maximum Gasteiger partial charge on any atom is 0.114 e. The third kappa shape index (κ3) is 4.74. The van der Waals surface area contributed by atoms with Crippen molar-refractivity contribution >= 4 is 35.0 Å². The highest BCUT2D eigenvalue weighted by Gasteiger charge is 2.20. The fourth-order valence-corrected chi connectivity index (χ4v) is 3.37. The van der Waals surface area contributed by atoms with Crippen LogP contribution in [0.3, 0.4) is 0 Å². The van der Waals surface area contributed by atoms with E-state index in [4.69, 9.17) is 23.2 Å². The van der Waals surface area contributed by atoms with E-state index >= 15 is 0 Å². The topological polar surface area (TPSA) is 7.68 Å². The van der Waals surface area contributed by atoms with Crippen LogP contribution >= 0.6 is 23.2 Å². The van der Waals surface area contributed by atoms with Gasteiger partial charge >= 0.3 is 0 Å². The van der Waals surface area contributed by atoms with Crippen LogP contribution in [0.25, 0.3) is 6.08 Å². The van der Waals surface area contributed by atoms with Crippen LogP contribution in [-0.4, -0.2) is 32.7 Å². The first-order valence-corrected chi connectivity index (χ1v) is 8.71. The monoisotopic (exact) mass is 347 g/mol. The molecule has 0 bridgehead atoms. The Morgan fingerprint density at radius 2 is 1.65 bits per heavy atom. The van der Waals surface area contributed by atoms with Gasteiger partial charge < -0.3 is 9.80 Å². The average molecular weight is 348 g/mol. The maximum atomic E-state index is 6.43. The third-order valence-corrected chi connectivity index (χ3v) is 4.70. The fraction of sp³-hybridized carbons (Fsp3) is 0.263. The number of anilines is 1. The highest BCUT2D eigenvalue weighted by Crippen LogP contribution is 2.17. The van der Waals surface area contributed by atoms with Gasteiger partial charge in [-0.15, -0.1) is 0 Å². The number of quaternary nitrogens is 1. The smallest absolute Gasteiger partial charge is 0.114 e. The summed E-state index contributed by atoms with van der Waals surface area (Å²) in [5, 5.41) is 1.71. The van der Waals surface area contributed by atoms with Gasteiger partial charge in [0.25, 0.3) is 0 Å². The van der Waals surface area contributed by atoms with Gasteiger partial charge in [0.15, 0.2) is 0 Å². The van der Waals surface area contributed by atoms with E-state index in [0.717, 1.165) is 48.3 Å². The van der Waals surface area contributed by atoms with E-state index in [1.165, 1.54) is 10.6 Å². The van der Waals surface area contributed by atoms with Crippen LogP contribution in [0.15, 0.2) is 59.6 Å². The molecular weight excluding hydrogens is 327 g/mol. The first-order chi connectivity index (χ1) is 11.2. The highest BCUT2D eigenvalue weighted by atomic mass is 35.5. The van der Waals surface area contributed by atoms with Gasteiger partial charge in [0.2, 0.25) is 0 Å². The highest BCUT2D eigenvalue weighted by molar-refractivity contribution is 6.31. The molecule has 0 spiro atoms. The molecule has 0 amide bonds. The van der Waals surface area contributed by atoms with E-state index in [1.807, 2.05) is 30.3 Å². The molecule has 2 aromatic rings. The molecule has 1 heterocycles. The van der Waals surface area contributed by atoms with Gasteiger partial charge in [0.1, 0.15) is 6.54 Å². The average Bonchev–Trinajstić information content (AvgIpc) is 2.57. The molecule has 1 N–H and O–H groups in total. The standard InChI is InChI=1S/C19H20Cl2N2/c20-17-6-8-19(9-7-17)23-12-10-22(11-13-23)15-18(21)14-16-4-2-1-3-5-16/h1-9,14H,10-13,15H2/p+1/b18-14-. The third-order valence-electron chi connectivity index (χ3n) is 4.20. The minimum Gasteiger partial charge on any atom is -0.360 e. The Hall–Kier alpha value is -1.48. The maximum absolute atomic E-state index is 6.43. The molecule has 23 heavy (non-hydrogen) atoms. The zero-order valence-corrected chi connectivity index (χ0v) is 14.5. The number of rotatable bonds is 4. The normalized spacial score (nSPS) is 16.6. The summed E-state index contributed by atoms with van der Waals surface area (Å²) in [5.74, 6) is 0. The SMILES string of the molecule is Cl/C(=C\c1ccccc1)C[NH+]1CCN(c2ccc(Cl)cc2)CC1. The van der Waals surface area contributed by atoms with Crippen LogP contribution in [0.5, 0.6) is 0 Å². The lowest BCUT2D eigenvalue weighted by Gasteiger charge is -2.33. The van der Waals surface area contributed by atoms with Gasteiger partial charge in [-0.05, 0) is 35.9 Å². The summed E-state index contributed by atoms with van der Waals surface area (Å²) in [5.41, 5.74) is 2.41. The summed E-state index contributed by atoms with van der Waals surface area (Å²) in [7, 11) is 0. The molecule has 120 valence electrons. The zero-order valence-electron chi connectivity index (χ0n) is 13.0. The first-order valence-electron chi connectivity index (χ1n) is 7.96. The van der Waals surface area contributed by atoms with Gasteiger partial charge in [-0.25, -0.2) is 0 Å². The summed E-state index contributed by atoms with van der Waals surface area (Å²) in [6.45, 7) is 5.19. The van der Waals surface area contributed by atoms with Crippen molar-refractivity contribution in [2.75, 3.05) is 37.6 Å². The van der Waals surface area contributed by atoms with Crippen LogP contribution in [0.4, 0.5) is 5.69 Å². The molecule has 1 aliphatic heterocycles. The number of halogens is 2. The second-order valence-corrected chi connectivity index (χ2v) is 6.81. The van der Waals surface area contributed by atoms with Crippen molar-refractivity contribution in [3.63, 3.8) is 0 Å². The molecule has 4 heteroatoms. The molecule has 2 nitrogen and oxygen atoms in total. The van der Waals surface area contributed by atoms with E-state index in [0.29, 0.717) is 0 Å². The van der Waals surface area contributed by atoms with Gasteiger partial charge in [0.05, 0.1) is 31.2 Å². The Labute approximate surface area is 147 Å². The predicted molar refractivity (Wildman–Crippen MR) is 99.5 cm³/mol. The second-order valence-electron chi connectivity index (χ2n) is 5.89. The van der Waals surface area contributed by atoms with Crippen LogP contribution < -0.4 is 9.80 Å². The lowest BCUT2D eigenvalue weighted by atomic mass is 10.2. The lowest BCUT2D eigenvalue weighted by Crippen LogP contribution is -3.15. The minimum atomic E-state index is 0.788. The molecule has 1 fully saturated rings. The summed E-state index contributed by atoms with van der Waals surface area (Å²) < 4.78 is 0. The number of piperazine rings is 1. The molecule has 1 aliphatic rings. The van der Waals surface area contributed by atoms with E-state index in [2.05, 4.69) is 35.2 Å². The van der Waals surface area contributed by atoms with Crippen molar-refractivity contribution in [2.45, 2.75) is 0 Å². The number of benzene rings is 2. The van der Waals surface area contributed by atoms with Gasteiger partial charge in [-0.3, -0.25) is 0 Å². The van der Waals surface area contributed by atoms with Crippen LogP contribution in [0.1, 0.15) is 5.56 Å². The Morgan fingerprint density at radius 3 is 2.30 bits per heavy atom. The molecule has 1 saturated heterocycles. The molecule has 0 aromatic heterocycles. The Bertz CT molecular complexity index is 645. The number of nitrogens with one attached hydrogen (secondary N) is 1. The van der Waals surface area contributed by atoms with Crippen molar-refractivity contribution in [1.29, 1.82) is 0 Å². The fourth-order valence-electron chi connectivity index (χ4n) is 2.93. The molecule has 0 atom stereocenters. The number of hydrogen-bond donors (Lipinski definition) is 1. The van der Waals surface area contributed by atoms with Crippen molar-refractivity contribution in [1.82, 2.24) is 0 Å². The molecule has 0 radical (unpaired) electrons. The summed E-state index contributed by atoms with van der Waals surface area (Å²) >= 11 is 12.4. The molecule has 2 aromatic carbocycles. The molecule has 0 unspecified atom stereocenters. The largest absolute Gasteiger partial charge is 0.360 e. The van der Waals surface area contributed by atoms with Crippen LogP contribution in [0, 0.1) is 0 Å². The summed E-state index contributed by atoms with van der Waals surface area (Å²) in [6, 6.07) is 18.3. The zero-order chi connectivity index (χ0) is 16.1. The van der Waals surface area contributed by atoms with E-state index in [1.54, 1.807) is 0 Å². The molecular formula is C19H21Cl2N2+. The predicted octanol–water partition coefficient (Wildman–Crippen LogP) is 3.32. The Balaban J connectivity index is 1.53. The van der Waals surface area contributed by atoms with E-state index < -0.39 is 0 Å². The minimum absolute atomic E-state index is 0.788. The van der Waals surface area contributed by atoms with Crippen LogP contribution in [-0.2, 0) is 0 Å². The first kappa shape index (κ1) is 16.4. The van der Waals surface area contributed by atoms with Crippen molar-refractivity contribution < 1.29 is 4.90 Å². The molecule has 0 aliphatic carbocycles. The van der Waals surface area contributed by atoms with Gasteiger partial charge in [-0.1, -0.05) is 53.5 Å². The second kappa shape index (κ2) is 7.87. The van der Waals surface area contributed by atoms with Gasteiger partial charge in [0, 0.05) is 10.7 Å². The van der Waals surface area contributed by atoms with Crippen LogP contribution in [0.2, 0.25) is 5.02 Å². The quantitative estimate of drug-likeness (QED) is 0.891. The van der Waals surface area contributed by atoms with Crippen molar-refractivity contribution in [3.8, 4) is 0 Å². The molecule has 0 saturated carbocycles. The Morgan fingerprint density at radius 1 is 1.00 bits per heavy atom. The molecule has 3 rings (SSSR count). The number of nitrogens with zero attached hydrogens (tertiary/aromatic N) is 1. The summed E-state index contributed by atoms with van der Waals surface area (Å²) in [4.78, 5) is 3.95. The number of hydrogen-bond acceptors (Lipinski definition) is 1. The Kier molecular flexibility index (Phi) is 5.60. The van der Waals surface area contributed by atoms with E-state index in [-0.39, 0.29) is 0 Å². The lowest BCUT2D eigenvalue weighted by molar-refractivity contribution is -0.895. The van der Waals surface area contributed by atoms with E-state index in [9.17, 15) is 0 Å². The summed E-state index contributed by atoms with van der Waals surface area (Å²) in [6.07, 6.45) is 2.07. The van der Waals surface area contributed by atoms with Gasteiger partial charge in [-0.2, -0.15) is 0 Å². The van der Waals surface area contributed by atoms with Crippen molar-refractivity contribution in [3.05, 3.63) is 70.2 Å². The van der Waals surface area contributed by atoms with Crippen molar-refractivity contribution in [2.24, 2.45) is 0 Å².